The van der Waals surface area contributed by atoms with E-state index in [2.05, 4.69) is 24.4 Å². The van der Waals surface area contributed by atoms with Gasteiger partial charge in [0.2, 0.25) is 0 Å². The van der Waals surface area contributed by atoms with Crippen molar-refractivity contribution in [2.75, 3.05) is 19.7 Å². The summed E-state index contributed by atoms with van der Waals surface area (Å²) >= 11 is 0. The molecular formula is C20H33NO3. The van der Waals surface area contributed by atoms with Crippen molar-refractivity contribution in [3.05, 3.63) is 35.4 Å². The summed E-state index contributed by atoms with van der Waals surface area (Å²) in [6, 6.07) is 8.19. The van der Waals surface area contributed by atoms with Gasteiger partial charge >= 0.3 is 5.97 Å². The third kappa shape index (κ3) is 9.04. The first-order valence-electron chi connectivity index (χ1n) is 9.30. The molecule has 1 rings (SSSR count). The maximum atomic E-state index is 11.1. The molecule has 1 aromatic rings. The van der Waals surface area contributed by atoms with Gasteiger partial charge in [-0.25, -0.2) is 4.79 Å². The third-order valence-corrected chi connectivity index (χ3v) is 4.13. The van der Waals surface area contributed by atoms with E-state index in [-0.39, 0.29) is 0 Å². The van der Waals surface area contributed by atoms with Crippen molar-refractivity contribution in [2.45, 2.75) is 64.9 Å². The van der Waals surface area contributed by atoms with Crippen LogP contribution in [0.4, 0.5) is 0 Å². The molecule has 4 nitrogen and oxygen atoms in total. The van der Waals surface area contributed by atoms with Gasteiger partial charge in [-0.2, -0.15) is 0 Å². The topological polar surface area (TPSA) is 58.6 Å². The summed E-state index contributed by atoms with van der Waals surface area (Å²) in [4.78, 5) is 11.1. The van der Waals surface area contributed by atoms with Gasteiger partial charge in [-0.15, -0.1) is 0 Å². The molecule has 0 heterocycles. The van der Waals surface area contributed by atoms with E-state index in [0.29, 0.717) is 13.0 Å². The predicted octanol–water partition coefficient (Wildman–Crippen LogP) is 3.82. The maximum Gasteiger partial charge on any atom is 0.333 e. The SMILES string of the molecule is CCCCCCCNCCc1ccc(CC(OCC)C(=O)O)cc1. The number of carboxylic acids is 1. The lowest BCUT2D eigenvalue weighted by molar-refractivity contribution is -0.149. The van der Waals surface area contributed by atoms with Gasteiger partial charge in [0, 0.05) is 13.0 Å². The molecule has 1 unspecified atom stereocenters. The Morgan fingerprint density at radius 3 is 2.33 bits per heavy atom. The summed E-state index contributed by atoms with van der Waals surface area (Å²) in [5.41, 5.74) is 2.28. The summed E-state index contributed by atoms with van der Waals surface area (Å²) in [5, 5.41) is 12.6. The van der Waals surface area contributed by atoms with Gasteiger partial charge in [0.15, 0.2) is 6.10 Å². The standard InChI is InChI=1S/C20H33NO3/c1-3-5-6-7-8-14-21-15-13-17-9-11-18(12-10-17)16-19(20(22)23)24-4-2/h9-12,19,21H,3-8,13-16H2,1-2H3,(H,22,23). The summed E-state index contributed by atoms with van der Waals surface area (Å²) in [6.45, 7) is 6.55. The zero-order chi connectivity index (χ0) is 17.6. The number of nitrogens with one attached hydrogen (secondary N) is 1. The second kappa shape index (κ2) is 13.0. The summed E-state index contributed by atoms with van der Waals surface area (Å²) in [5.74, 6) is -0.899. The molecule has 0 fully saturated rings. The van der Waals surface area contributed by atoms with Crippen LogP contribution in [0, 0.1) is 0 Å². The molecule has 0 spiro atoms. The summed E-state index contributed by atoms with van der Waals surface area (Å²) in [6.07, 6.45) is 7.23. The van der Waals surface area contributed by atoms with E-state index in [9.17, 15) is 4.79 Å². The second-order valence-corrected chi connectivity index (χ2v) is 6.22. The van der Waals surface area contributed by atoms with E-state index in [1.165, 1.54) is 37.7 Å². The van der Waals surface area contributed by atoms with Gasteiger partial charge < -0.3 is 15.2 Å². The average molecular weight is 335 g/mol. The molecule has 0 aromatic heterocycles. The van der Waals surface area contributed by atoms with Gasteiger partial charge in [0.05, 0.1) is 0 Å². The fraction of sp³-hybridized carbons (Fsp3) is 0.650. The average Bonchev–Trinajstić information content (AvgIpc) is 2.58. The molecule has 0 bridgehead atoms. The van der Waals surface area contributed by atoms with Gasteiger partial charge in [0.1, 0.15) is 0 Å². The van der Waals surface area contributed by atoms with E-state index in [1.807, 2.05) is 19.1 Å². The minimum atomic E-state index is -0.899. The van der Waals surface area contributed by atoms with E-state index in [0.717, 1.165) is 25.1 Å². The quantitative estimate of drug-likeness (QED) is 0.507. The maximum absolute atomic E-state index is 11.1. The number of hydrogen-bond acceptors (Lipinski definition) is 3. The van der Waals surface area contributed by atoms with Crippen molar-refractivity contribution in [3.8, 4) is 0 Å². The lowest BCUT2D eigenvalue weighted by Crippen LogP contribution is -2.26. The molecule has 0 amide bonds. The molecule has 0 radical (unpaired) electrons. The largest absolute Gasteiger partial charge is 0.479 e. The Balaban J connectivity index is 2.23. The highest BCUT2D eigenvalue weighted by Gasteiger charge is 2.17. The Labute approximate surface area is 146 Å². The van der Waals surface area contributed by atoms with E-state index < -0.39 is 12.1 Å². The third-order valence-electron chi connectivity index (χ3n) is 4.13. The van der Waals surface area contributed by atoms with E-state index >= 15 is 0 Å². The van der Waals surface area contributed by atoms with Crippen LogP contribution in [0.15, 0.2) is 24.3 Å². The van der Waals surface area contributed by atoms with Crippen LogP contribution in [0.25, 0.3) is 0 Å². The van der Waals surface area contributed by atoms with Crippen LogP contribution in [-0.4, -0.2) is 36.9 Å². The number of ether oxygens (including phenoxy) is 1. The van der Waals surface area contributed by atoms with Crippen LogP contribution in [0.2, 0.25) is 0 Å². The molecule has 136 valence electrons. The number of benzene rings is 1. The summed E-state index contributed by atoms with van der Waals surface area (Å²) in [7, 11) is 0. The lowest BCUT2D eigenvalue weighted by Gasteiger charge is -2.12. The number of aliphatic carboxylic acids is 1. The zero-order valence-corrected chi connectivity index (χ0v) is 15.2. The van der Waals surface area contributed by atoms with Gasteiger partial charge in [0.25, 0.3) is 0 Å². The fourth-order valence-electron chi connectivity index (χ4n) is 2.69. The number of carboxylic acid groups (broad SMARTS) is 1. The molecule has 1 atom stereocenters. The smallest absolute Gasteiger partial charge is 0.333 e. The zero-order valence-electron chi connectivity index (χ0n) is 15.2. The Morgan fingerprint density at radius 2 is 1.71 bits per heavy atom. The van der Waals surface area contributed by atoms with Crippen LogP contribution >= 0.6 is 0 Å². The van der Waals surface area contributed by atoms with Crippen molar-refractivity contribution in [1.82, 2.24) is 5.32 Å². The van der Waals surface area contributed by atoms with Crippen LogP contribution in [0.5, 0.6) is 0 Å². The molecular weight excluding hydrogens is 302 g/mol. The van der Waals surface area contributed by atoms with Crippen LogP contribution in [0.1, 0.15) is 57.1 Å². The molecule has 0 aliphatic carbocycles. The van der Waals surface area contributed by atoms with Crippen molar-refractivity contribution in [3.63, 3.8) is 0 Å². The minimum absolute atomic E-state index is 0.416. The Morgan fingerprint density at radius 1 is 1.04 bits per heavy atom. The van der Waals surface area contributed by atoms with Crippen molar-refractivity contribution in [2.24, 2.45) is 0 Å². The highest BCUT2D eigenvalue weighted by Crippen LogP contribution is 2.10. The fourth-order valence-corrected chi connectivity index (χ4v) is 2.69. The van der Waals surface area contributed by atoms with Gasteiger partial charge in [-0.05, 0) is 44.0 Å². The molecule has 0 saturated carbocycles. The molecule has 4 heteroatoms. The first-order chi connectivity index (χ1) is 11.7. The van der Waals surface area contributed by atoms with Crippen LogP contribution in [0.3, 0.4) is 0 Å². The lowest BCUT2D eigenvalue weighted by atomic mass is 10.0. The molecule has 0 aliphatic heterocycles. The highest BCUT2D eigenvalue weighted by atomic mass is 16.5. The van der Waals surface area contributed by atoms with Crippen LogP contribution < -0.4 is 5.32 Å². The van der Waals surface area contributed by atoms with Crippen molar-refractivity contribution < 1.29 is 14.6 Å². The monoisotopic (exact) mass is 335 g/mol. The van der Waals surface area contributed by atoms with Crippen molar-refractivity contribution in [1.29, 1.82) is 0 Å². The normalized spacial score (nSPS) is 12.2. The molecule has 2 N–H and O–H groups in total. The van der Waals surface area contributed by atoms with Gasteiger partial charge in [-0.1, -0.05) is 56.9 Å². The van der Waals surface area contributed by atoms with E-state index in [1.54, 1.807) is 0 Å². The minimum Gasteiger partial charge on any atom is -0.479 e. The number of rotatable bonds is 14. The molecule has 24 heavy (non-hydrogen) atoms. The molecule has 1 aromatic carbocycles. The summed E-state index contributed by atoms with van der Waals surface area (Å²) < 4.78 is 5.25. The Hall–Kier alpha value is -1.39. The Kier molecular flexibility index (Phi) is 11.2. The number of hydrogen-bond donors (Lipinski definition) is 2. The van der Waals surface area contributed by atoms with E-state index in [4.69, 9.17) is 9.84 Å². The number of unbranched alkanes of at least 4 members (excludes halogenated alkanes) is 4. The van der Waals surface area contributed by atoms with Crippen LogP contribution in [-0.2, 0) is 22.4 Å². The highest BCUT2D eigenvalue weighted by molar-refractivity contribution is 5.72. The first-order valence-corrected chi connectivity index (χ1v) is 9.30. The molecule has 0 aliphatic rings. The molecule has 0 saturated heterocycles. The first kappa shape index (κ1) is 20.7. The predicted molar refractivity (Wildman–Crippen MR) is 98.5 cm³/mol. The second-order valence-electron chi connectivity index (χ2n) is 6.22. The van der Waals surface area contributed by atoms with Gasteiger partial charge in [-0.3, -0.25) is 0 Å². The number of carbonyl (C=O) groups is 1. The Bertz CT molecular complexity index is 445. The van der Waals surface area contributed by atoms with Crippen molar-refractivity contribution >= 4 is 5.97 Å².